The van der Waals surface area contributed by atoms with E-state index in [1.807, 2.05) is 18.7 Å². The van der Waals surface area contributed by atoms with Crippen molar-refractivity contribution in [3.05, 3.63) is 42.5 Å². The lowest BCUT2D eigenvalue weighted by Gasteiger charge is -2.16. The molecule has 0 fully saturated rings. The Hall–Kier alpha value is -1.31. The van der Waals surface area contributed by atoms with E-state index in [-0.39, 0.29) is 0 Å². The third-order valence-electron chi connectivity index (χ3n) is 2.47. The summed E-state index contributed by atoms with van der Waals surface area (Å²) in [6.07, 6.45) is 14.7. The fourth-order valence-corrected chi connectivity index (χ4v) is 1.60. The molecule has 1 aliphatic rings. The molecule has 1 aromatic rings. The molecule has 0 N–H and O–H groups in total. The summed E-state index contributed by atoms with van der Waals surface area (Å²) in [4.78, 5) is 4.04. The van der Waals surface area contributed by atoms with Crippen molar-refractivity contribution < 1.29 is 0 Å². The third kappa shape index (κ3) is 1.72. The highest BCUT2D eigenvalue weighted by molar-refractivity contribution is 5.24. The Labute approximate surface area is 78.6 Å². The molecular weight excluding hydrogens is 160 g/mol. The molecule has 1 aliphatic carbocycles. The largest absolute Gasteiger partial charge is 0.330 e. The molecule has 1 heterocycles. The second kappa shape index (κ2) is 3.60. The monoisotopic (exact) mass is 174 g/mol. The van der Waals surface area contributed by atoms with Crippen molar-refractivity contribution in [3.63, 3.8) is 0 Å². The molecule has 0 spiro atoms. The van der Waals surface area contributed by atoms with Gasteiger partial charge in [-0.25, -0.2) is 4.98 Å². The van der Waals surface area contributed by atoms with E-state index in [1.54, 1.807) is 0 Å². The molecular formula is C11H14N2. The fourth-order valence-electron chi connectivity index (χ4n) is 1.60. The number of aromatic nitrogens is 2. The predicted octanol–water partition coefficient (Wildman–Crippen LogP) is 2.72. The van der Waals surface area contributed by atoms with Crippen molar-refractivity contribution >= 4 is 0 Å². The Kier molecular flexibility index (Phi) is 2.30. The molecule has 68 valence electrons. The molecule has 0 aliphatic heterocycles. The molecule has 13 heavy (non-hydrogen) atoms. The lowest BCUT2D eigenvalue weighted by Crippen LogP contribution is -2.05. The van der Waals surface area contributed by atoms with E-state index < -0.39 is 0 Å². The van der Waals surface area contributed by atoms with E-state index in [0.29, 0.717) is 6.04 Å². The number of nitrogens with zero attached hydrogens (tertiary/aromatic N) is 2. The zero-order valence-corrected chi connectivity index (χ0v) is 7.85. The average molecular weight is 174 g/mol. The normalized spacial score (nSPS) is 21.6. The second-order valence-corrected chi connectivity index (χ2v) is 3.30. The van der Waals surface area contributed by atoms with Crippen LogP contribution in [0.5, 0.6) is 0 Å². The smallest absolute Gasteiger partial charge is 0.0951 e. The van der Waals surface area contributed by atoms with E-state index in [2.05, 4.69) is 34.7 Å². The van der Waals surface area contributed by atoms with Gasteiger partial charge in [-0.2, -0.15) is 0 Å². The summed E-state index contributed by atoms with van der Waals surface area (Å²) in [7, 11) is 0. The van der Waals surface area contributed by atoms with Crippen LogP contribution in [0.3, 0.4) is 0 Å². The van der Waals surface area contributed by atoms with E-state index in [0.717, 1.165) is 12.8 Å². The van der Waals surface area contributed by atoms with Gasteiger partial charge in [0.05, 0.1) is 12.4 Å². The van der Waals surface area contributed by atoms with Crippen molar-refractivity contribution in [2.75, 3.05) is 0 Å². The minimum atomic E-state index is 0.470. The molecule has 1 atom stereocenters. The summed E-state index contributed by atoms with van der Waals surface area (Å²) >= 11 is 0. The van der Waals surface area contributed by atoms with E-state index >= 15 is 0 Å². The standard InChI is InChI=1S/C11H14N2/c1-2-10-3-5-11(6-4-10)13-8-7-12-9-13/h3-5,7-9,11H,2,6H2,1H3. The highest BCUT2D eigenvalue weighted by Gasteiger charge is 2.08. The molecule has 0 amide bonds. The number of allylic oxidation sites excluding steroid dienone is 4. The van der Waals surface area contributed by atoms with Gasteiger partial charge in [-0.3, -0.25) is 0 Å². The molecule has 2 rings (SSSR count). The minimum absolute atomic E-state index is 0.470. The van der Waals surface area contributed by atoms with Gasteiger partial charge in [0, 0.05) is 12.4 Å². The Morgan fingerprint density at radius 1 is 1.62 bits per heavy atom. The van der Waals surface area contributed by atoms with Gasteiger partial charge < -0.3 is 4.57 Å². The first-order valence-corrected chi connectivity index (χ1v) is 4.75. The minimum Gasteiger partial charge on any atom is -0.330 e. The van der Waals surface area contributed by atoms with Crippen LogP contribution in [0, 0.1) is 0 Å². The molecule has 0 aromatic carbocycles. The van der Waals surface area contributed by atoms with Gasteiger partial charge in [-0.15, -0.1) is 0 Å². The number of hydrogen-bond donors (Lipinski definition) is 0. The molecule has 0 radical (unpaired) electrons. The van der Waals surface area contributed by atoms with Crippen LogP contribution in [-0.2, 0) is 0 Å². The second-order valence-electron chi connectivity index (χ2n) is 3.30. The van der Waals surface area contributed by atoms with Crippen LogP contribution in [0.2, 0.25) is 0 Å². The number of hydrogen-bond acceptors (Lipinski definition) is 1. The van der Waals surface area contributed by atoms with E-state index in [4.69, 9.17) is 0 Å². The number of rotatable bonds is 2. The lowest BCUT2D eigenvalue weighted by molar-refractivity contribution is 0.602. The molecule has 2 nitrogen and oxygen atoms in total. The summed E-state index contributed by atoms with van der Waals surface area (Å²) in [5, 5.41) is 0. The molecule has 2 heteroatoms. The topological polar surface area (TPSA) is 17.8 Å². The first-order chi connectivity index (χ1) is 6.40. The van der Waals surface area contributed by atoms with E-state index in [9.17, 15) is 0 Å². The molecule has 0 bridgehead atoms. The Morgan fingerprint density at radius 3 is 3.08 bits per heavy atom. The Bertz CT molecular complexity index is 320. The van der Waals surface area contributed by atoms with Crippen molar-refractivity contribution in [1.29, 1.82) is 0 Å². The number of imidazole rings is 1. The van der Waals surface area contributed by atoms with Gasteiger partial charge >= 0.3 is 0 Å². The average Bonchev–Trinajstić information content (AvgIpc) is 2.71. The first-order valence-electron chi connectivity index (χ1n) is 4.75. The summed E-state index contributed by atoms with van der Waals surface area (Å²) in [5.41, 5.74) is 1.44. The van der Waals surface area contributed by atoms with Crippen LogP contribution >= 0.6 is 0 Å². The van der Waals surface area contributed by atoms with Crippen molar-refractivity contribution in [3.8, 4) is 0 Å². The molecule has 0 saturated carbocycles. The molecule has 1 aromatic heterocycles. The molecule has 1 unspecified atom stereocenters. The van der Waals surface area contributed by atoms with Crippen LogP contribution in [-0.4, -0.2) is 9.55 Å². The highest BCUT2D eigenvalue weighted by Crippen LogP contribution is 2.21. The van der Waals surface area contributed by atoms with Gasteiger partial charge in [0.25, 0.3) is 0 Å². The Balaban J connectivity index is 2.09. The van der Waals surface area contributed by atoms with Crippen molar-refractivity contribution in [2.45, 2.75) is 25.8 Å². The summed E-state index contributed by atoms with van der Waals surface area (Å²) in [5.74, 6) is 0. The van der Waals surface area contributed by atoms with Crippen LogP contribution in [0.15, 0.2) is 42.5 Å². The third-order valence-corrected chi connectivity index (χ3v) is 2.47. The molecule has 0 saturated heterocycles. The highest BCUT2D eigenvalue weighted by atomic mass is 15.0. The summed E-state index contributed by atoms with van der Waals surface area (Å²) in [6, 6.07) is 0.470. The zero-order valence-electron chi connectivity index (χ0n) is 7.85. The van der Waals surface area contributed by atoms with Crippen molar-refractivity contribution in [1.82, 2.24) is 9.55 Å². The van der Waals surface area contributed by atoms with E-state index in [1.165, 1.54) is 5.57 Å². The van der Waals surface area contributed by atoms with Crippen LogP contribution in [0.1, 0.15) is 25.8 Å². The quantitative estimate of drug-likeness (QED) is 0.674. The predicted molar refractivity (Wildman–Crippen MR) is 53.4 cm³/mol. The van der Waals surface area contributed by atoms with Crippen molar-refractivity contribution in [2.24, 2.45) is 0 Å². The SMILES string of the molecule is CCC1=CCC(n2ccnc2)C=C1. The van der Waals surface area contributed by atoms with Gasteiger partial charge in [-0.05, 0) is 12.8 Å². The summed E-state index contributed by atoms with van der Waals surface area (Å²) < 4.78 is 2.14. The Morgan fingerprint density at radius 2 is 2.54 bits per heavy atom. The van der Waals surface area contributed by atoms with Gasteiger partial charge in [-0.1, -0.05) is 30.7 Å². The van der Waals surface area contributed by atoms with Gasteiger partial charge in [0.2, 0.25) is 0 Å². The van der Waals surface area contributed by atoms with Gasteiger partial charge in [0.15, 0.2) is 0 Å². The van der Waals surface area contributed by atoms with Crippen LogP contribution in [0.4, 0.5) is 0 Å². The summed E-state index contributed by atoms with van der Waals surface area (Å²) in [6.45, 7) is 2.19. The maximum Gasteiger partial charge on any atom is 0.0951 e. The maximum atomic E-state index is 4.04. The zero-order chi connectivity index (χ0) is 9.10. The van der Waals surface area contributed by atoms with Gasteiger partial charge in [0.1, 0.15) is 0 Å². The van der Waals surface area contributed by atoms with Crippen LogP contribution in [0.25, 0.3) is 0 Å². The fraction of sp³-hybridized carbons (Fsp3) is 0.364. The lowest BCUT2D eigenvalue weighted by atomic mass is 10.0. The first kappa shape index (κ1) is 8.30. The van der Waals surface area contributed by atoms with Crippen LogP contribution < -0.4 is 0 Å². The maximum absolute atomic E-state index is 4.04.